The number of nitrogens with one attached hydrogen (secondary N) is 1. The van der Waals surface area contributed by atoms with E-state index in [-0.39, 0.29) is 0 Å². The quantitative estimate of drug-likeness (QED) is 0.841. The van der Waals surface area contributed by atoms with Gasteiger partial charge in [0.15, 0.2) is 0 Å². The van der Waals surface area contributed by atoms with Crippen LogP contribution in [0.1, 0.15) is 24.5 Å². The van der Waals surface area contributed by atoms with Gasteiger partial charge in [-0.2, -0.15) is 0 Å². The number of ether oxygens (including phenoxy) is 1. The van der Waals surface area contributed by atoms with E-state index in [1.54, 1.807) is 7.11 Å². The maximum atomic E-state index is 6.14. The van der Waals surface area contributed by atoms with Gasteiger partial charge < -0.3 is 10.1 Å². The van der Waals surface area contributed by atoms with E-state index in [1.165, 1.54) is 6.33 Å². The van der Waals surface area contributed by atoms with Gasteiger partial charge in [0, 0.05) is 11.3 Å². The van der Waals surface area contributed by atoms with E-state index >= 15 is 0 Å². The molecule has 0 spiro atoms. The van der Waals surface area contributed by atoms with E-state index in [0.717, 1.165) is 41.2 Å². The highest BCUT2D eigenvalue weighted by molar-refractivity contribution is 6.30. The SMILES string of the molecule is CCCc1c(Cl)ncnc1Nc1ccc(OC)c(C)c1. The van der Waals surface area contributed by atoms with Gasteiger partial charge in [0.1, 0.15) is 23.0 Å². The zero-order chi connectivity index (χ0) is 14.5. The number of aromatic nitrogens is 2. The van der Waals surface area contributed by atoms with Crippen LogP contribution in [-0.2, 0) is 6.42 Å². The normalized spacial score (nSPS) is 10.4. The number of nitrogens with zero attached hydrogens (tertiary/aromatic N) is 2. The summed E-state index contributed by atoms with van der Waals surface area (Å²) in [6.07, 6.45) is 3.31. The molecule has 5 heteroatoms. The summed E-state index contributed by atoms with van der Waals surface area (Å²) in [7, 11) is 1.67. The first-order valence-electron chi connectivity index (χ1n) is 6.56. The average Bonchev–Trinajstić information content (AvgIpc) is 2.43. The second-order valence-electron chi connectivity index (χ2n) is 4.55. The number of anilines is 2. The monoisotopic (exact) mass is 291 g/mol. The molecule has 1 aromatic heterocycles. The molecule has 0 bridgehead atoms. The van der Waals surface area contributed by atoms with Crippen LogP contribution in [0.15, 0.2) is 24.5 Å². The molecule has 0 saturated carbocycles. The Labute approximate surface area is 124 Å². The molecule has 4 nitrogen and oxygen atoms in total. The number of benzene rings is 1. The summed E-state index contributed by atoms with van der Waals surface area (Å²) in [6, 6.07) is 5.90. The Morgan fingerprint density at radius 1 is 1.30 bits per heavy atom. The van der Waals surface area contributed by atoms with Gasteiger partial charge in [0.25, 0.3) is 0 Å². The molecule has 106 valence electrons. The van der Waals surface area contributed by atoms with Crippen molar-refractivity contribution in [2.75, 3.05) is 12.4 Å². The Bertz CT molecular complexity index is 602. The summed E-state index contributed by atoms with van der Waals surface area (Å²) in [5.74, 6) is 1.63. The molecule has 0 fully saturated rings. The van der Waals surface area contributed by atoms with E-state index in [1.807, 2.05) is 25.1 Å². The molecule has 0 unspecified atom stereocenters. The van der Waals surface area contributed by atoms with Crippen LogP contribution < -0.4 is 10.1 Å². The number of aryl methyl sites for hydroxylation is 1. The first-order chi connectivity index (χ1) is 9.65. The Kier molecular flexibility index (Phi) is 4.79. The second-order valence-corrected chi connectivity index (χ2v) is 4.91. The van der Waals surface area contributed by atoms with Crippen molar-refractivity contribution in [2.24, 2.45) is 0 Å². The standard InChI is InChI=1S/C15H18ClN3O/c1-4-5-12-14(16)17-9-18-15(12)19-11-6-7-13(20-3)10(2)8-11/h6-9H,4-5H2,1-3H3,(H,17,18,19). The predicted molar refractivity (Wildman–Crippen MR) is 82.1 cm³/mol. The van der Waals surface area contributed by atoms with Crippen molar-refractivity contribution in [1.29, 1.82) is 0 Å². The van der Waals surface area contributed by atoms with Crippen LogP contribution in [-0.4, -0.2) is 17.1 Å². The zero-order valence-corrected chi connectivity index (χ0v) is 12.7. The van der Waals surface area contributed by atoms with E-state index in [4.69, 9.17) is 16.3 Å². The highest BCUT2D eigenvalue weighted by atomic mass is 35.5. The fourth-order valence-electron chi connectivity index (χ4n) is 2.06. The molecule has 0 aliphatic heterocycles. The van der Waals surface area contributed by atoms with Crippen molar-refractivity contribution in [1.82, 2.24) is 9.97 Å². The molecule has 20 heavy (non-hydrogen) atoms. The molecule has 0 amide bonds. The average molecular weight is 292 g/mol. The Morgan fingerprint density at radius 2 is 2.10 bits per heavy atom. The van der Waals surface area contributed by atoms with E-state index in [2.05, 4.69) is 22.2 Å². The lowest BCUT2D eigenvalue weighted by Gasteiger charge is -2.12. The highest BCUT2D eigenvalue weighted by Gasteiger charge is 2.10. The van der Waals surface area contributed by atoms with Crippen LogP contribution in [0, 0.1) is 6.92 Å². The van der Waals surface area contributed by atoms with Gasteiger partial charge in [-0.1, -0.05) is 24.9 Å². The van der Waals surface area contributed by atoms with Crippen molar-refractivity contribution < 1.29 is 4.74 Å². The molecule has 2 rings (SSSR count). The van der Waals surface area contributed by atoms with Gasteiger partial charge in [0.05, 0.1) is 7.11 Å². The van der Waals surface area contributed by atoms with Gasteiger partial charge in [-0.05, 0) is 37.1 Å². The van der Waals surface area contributed by atoms with Crippen LogP contribution in [0.25, 0.3) is 0 Å². The van der Waals surface area contributed by atoms with Crippen molar-refractivity contribution >= 4 is 23.1 Å². The molecule has 0 aliphatic rings. The maximum absolute atomic E-state index is 6.14. The van der Waals surface area contributed by atoms with Gasteiger partial charge in [-0.25, -0.2) is 9.97 Å². The summed E-state index contributed by atoms with van der Waals surface area (Å²) in [4.78, 5) is 8.33. The molecule has 0 saturated heterocycles. The maximum Gasteiger partial charge on any atom is 0.138 e. The molecule has 1 aromatic carbocycles. The van der Waals surface area contributed by atoms with Gasteiger partial charge in [0.2, 0.25) is 0 Å². The molecular formula is C15H18ClN3O. The Balaban J connectivity index is 2.30. The van der Waals surface area contributed by atoms with Gasteiger partial charge >= 0.3 is 0 Å². The lowest BCUT2D eigenvalue weighted by molar-refractivity contribution is 0.412. The molecule has 0 atom stereocenters. The van der Waals surface area contributed by atoms with Crippen LogP contribution in [0.4, 0.5) is 11.5 Å². The van der Waals surface area contributed by atoms with Crippen LogP contribution in [0.5, 0.6) is 5.75 Å². The zero-order valence-electron chi connectivity index (χ0n) is 11.9. The molecule has 2 aromatic rings. The van der Waals surface area contributed by atoms with Crippen molar-refractivity contribution in [3.05, 3.63) is 40.8 Å². The minimum atomic E-state index is 0.509. The first-order valence-corrected chi connectivity index (χ1v) is 6.94. The lowest BCUT2D eigenvalue weighted by atomic mass is 10.1. The summed E-state index contributed by atoms with van der Waals surface area (Å²) in [5.41, 5.74) is 2.97. The van der Waals surface area contributed by atoms with E-state index in [9.17, 15) is 0 Å². The van der Waals surface area contributed by atoms with Crippen LogP contribution in [0.3, 0.4) is 0 Å². The topological polar surface area (TPSA) is 47.0 Å². The molecule has 1 N–H and O–H groups in total. The smallest absolute Gasteiger partial charge is 0.138 e. The lowest BCUT2D eigenvalue weighted by Crippen LogP contribution is -2.01. The molecule has 0 aliphatic carbocycles. The van der Waals surface area contributed by atoms with Crippen molar-refractivity contribution in [3.63, 3.8) is 0 Å². The second kappa shape index (κ2) is 6.57. The minimum Gasteiger partial charge on any atom is -0.496 e. The van der Waals surface area contributed by atoms with Gasteiger partial charge in [-0.15, -0.1) is 0 Å². The van der Waals surface area contributed by atoms with Crippen LogP contribution >= 0.6 is 11.6 Å². The van der Waals surface area contributed by atoms with E-state index in [0.29, 0.717) is 5.15 Å². The first kappa shape index (κ1) is 14.6. The largest absolute Gasteiger partial charge is 0.496 e. The molecular weight excluding hydrogens is 274 g/mol. The fourth-order valence-corrected chi connectivity index (χ4v) is 2.29. The predicted octanol–water partition coefficient (Wildman–Crippen LogP) is 4.14. The third-order valence-electron chi connectivity index (χ3n) is 3.05. The van der Waals surface area contributed by atoms with E-state index < -0.39 is 0 Å². The Morgan fingerprint density at radius 3 is 2.75 bits per heavy atom. The third-order valence-corrected chi connectivity index (χ3v) is 3.38. The van der Waals surface area contributed by atoms with Gasteiger partial charge in [-0.3, -0.25) is 0 Å². The summed E-state index contributed by atoms with van der Waals surface area (Å²) >= 11 is 6.14. The number of hydrogen-bond donors (Lipinski definition) is 1. The van der Waals surface area contributed by atoms with Crippen molar-refractivity contribution in [3.8, 4) is 5.75 Å². The highest BCUT2D eigenvalue weighted by Crippen LogP contribution is 2.27. The minimum absolute atomic E-state index is 0.509. The number of rotatable bonds is 5. The van der Waals surface area contributed by atoms with Crippen LogP contribution in [0.2, 0.25) is 5.15 Å². The number of methoxy groups -OCH3 is 1. The molecule has 0 radical (unpaired) electrons. The molecule has 1 heterocycles. The summed E-state index contributed by atoms with van der Waals surface area (Å²) < 4.78 is 5.26. The fraction of sp³-hybridized carbons (Fsp3) is 0.333. The summed E-state index contributed by atoms with van der Waals surface area (Å²) in [5, 5.41) is 3.81. The Hall–Kier alpha value is -1.81. The van der Waals surface area contributed by atoms with Crippen molar-refractivity contribution in [2.45, 2.75) is 26.7 Å². The number of hydrogen-bond acceptors (Lipinski definition) is 4. The summed E-state index contributed by atoms with van der Waals surface area (Å²) in [6.45, 7) is 4.11. The number of halogens is 1. The third kappa shape index (κ3) is 3.20.